The number of fused-ring (bicyclic) bond motifs is 1. The highest BCUT2D eigenvalue weighted by Gasteiger charge is 2.31. The number of ketones is 1. The number of nitrogens with one attached hydrogen (secondary N) is 1. The van der Waals surface area contributed by atoms with E-state index in [2.05, 4.69) is 26.1 Å². The van der Waals surface area contributed by atoms with Crippen LogP contribution in [0.15, 0.2) is 36.4 Å². The van der Waals surface area contributed by atoms with Crippen LogP contribution in [0.1, 0.15) is 66.2 Å². The summed E-state index contributed by atoms with van der Waals surface area (Å²) in [5, 5.41) is 3.05. The highest BCUT2D eigenvalue weighted by atomic mass is 16.5. The van der Waals surface area contributed by atoms with Gasteiger partial charge in [0.25, 0.3) is 5.91 Å². The zero-order valence-corrected chi connectivity index (χ0v) is 17.7. The van der Waals surface area contributed by atoms with E-state index in [9.17, 15) is 9.59 Å². The average Bonchev–Trinajstić information content (AvgIpc) is 3.00. The number of hydrogen-bond donors (Lipinski definition) is 1. The Bertz CT molecular complexity index is 902. The van der Waals surface area contributed by atoms with E-state index in [0.29, 0.717) is 17.7 Å². The second kappa shape index (κ2) is 8.68. The lowest BCUT2D eigenvalue weighted by Gasteiger charge is -2.23. The maximum Gasteiger partial charge on any atom is 0.258 e. The summed E-state index contributed by atoms with van der Waals surface area (Å²) in [7, 11) is 1.63. The molecule has 29 heavy (non-hydrogen) atoms. The molecule has 2 atom stereocenters. The molecule has 0 aliphatic heterocycles. The highest BCUT2D eigenvalue weighted by molar-refractivity contribution is 6.04. The van der Waals surface area contributed by atoms with Gasteiger partial charge in [-0.1, -0.05) is 39.0 Å². The Labute approximate surface area is 172 Å². The standard InChI is InChI=1S/C24H29NO4/c1-14(2)24(17-7-9-18(28-5)10-8-17)25-21(27)13-29-20-11-6-15(3)22-16(4)12-19(26)23(20)22/h6-11,14,16,24H,12-13H2,1-5H3,(H,25,27)/t16-,24+/m0/s1. The van der Waals surface area contributed by atoms with Gasteiger partial charge in [-0.3, -0.25) is 9.59 Å². The number of methoxy groups -OCH3 is 1. The SMILES string of the molecule is COc1ccc([C@H](NC(=O)COc2ccc(C)c3c2C(=O)C[C@@H]3C)C(C)C)cc1. The largest absolute Gasteiger partial charge is 0.497 e. The van der Waals surface area contributed by atoms with Crippen LogP contribution < -0.4 is 14.8 Å². The molecule has 0 heterocycles. The lowest BCUT2D eigenvalue weighted by atomic mass is 9.96. The third-order valence-corrected chi connectivity index (χ3v) is 5.51. The molecule has 2 aromatic carbocycles. The van der Waals surface area contributed by atoms with Crippen molar-refractivity contribution >= 4 is 11.7 Å². The molecule has 0 unspecified atom stereocenters. The fraction of sp³-hybridized carbons (Fsp3) is 0.417. The minimum Gasteiger partial charge on any atom is -0.497 e. The van der Waals surface area contributed by atoms with Crippen LogP contribution in [0, 0.1) is 12.8 Å². The minimum atomic E-state index is -0.215. The van der Waals surface area contributed by atoms with Crippen LogP contribution in [0.25, 0.3) is 0 Å². The summed E-state index contributed by atoms with van der Waals surface area (Å²) in [6.45, 7) is 8.05. The van der Waals surface area contributed by atoms with E-state index >= 15 is 0 Å². The predicted octanol–water partition coefficient (Wildman–Crippen LogP) is 4.59. The Morgan fingerprint density at radius 1 is 1.17 bits per heavy atom. The summed E-state index contributed by atoms with van der Waals surface area (Å²) in [5.41, 5.74) is 3.79. The van der Waals surface area contributed by atoms with Crippen LogP contribution >= 0.6 is 0 Å². The molecule has 0 spiro atoms. The first-order chi connectivity index (χ1) is 13.8. The van der Waals surface area contributed by atoms with Crippen LogP contribution in [0.2, 0.25) is 0 Å². The molecule has 2 aromatic rings. The third-order valence-electron chi connectivity index (χ3n) is 5.51. The molecule has 154 valence electrons. The summed E-state index contributed by atoms with van der Waals surface area (Å²) < 4.78 is 11.0. The normalized spacial score (nSPS) is 16.5. The second-order valence-corrected chi connectivity index (χ2v) is 8.05. The molecule has 1 amide bonds. The summed E-state index contributed by atoms with van der Waals surface area (Å²) in [6.07, 6.45) is 0.496. The van der Waals surface area contributed by atoms with Crippen molar-refractivity contribution in [3.05, 3.63) is 58.7 Å². The van der Waals surface area contributed by atoms with E-state index in [4.69, 9.17) is 9.47 Å². The zero-order chi connectivity index (χ0) is 21.1. The summed E-state index contributed by atoms with van der Waals surface area (Å²) in [4.78, 5) is 25.0. The van der Waals surface area contributed by atoms with Crippen molar-refractivity contribution in [3.8, 4) is 11.5 Å². The molecule has 0 bridgehead atoms. The number of rotatable bonds is 7. The maximum absolute atomic E-state index is 12.6. The van der Waals surface area contributed by atoms with Gasteiger partial charge in [-0.05, 0) is 53.6 Å². The van der Waals surface area contributed by atoms with Crippen molar-refractivity contribution in [2.75, 3.05) is 13.7 Å². The maximum atomic E-state index is 12.6. The van der Waals surface area contributed by atoms with E-state index in [1.54, 1.807) is 13.2 Å². The first-order valence-corrected chi connectivity index (χ1v) is 10.0. The van der Waals surface area contributed by atoms with Crippen LogP contribution in [0.5, 0.6) is 11.5 Å². The molecule has 1 aliphatic rings. The van der Waals surface area contributed by atoms with Crippen molar-refractivity contribution in [3.63, 3.8) is 0 Å². The second-order valence-electron chi connectivity index (χ2n) is 8.05. The molecular formula is C24H29NO4. The molecule has 1 N–H and O–H groups in total. The lowest BCUT2D eigenvalue weighted by molar-refractivity contribution is -0.124. The van der Waals surface area contributed by atoms with Crippen LogP contribution in [-0.2, 0) is 4.79 Å². The Morgan fingerprint density at radius 2 is 1.86 bits per heavy atom. The molecule has 5 heteroatoms. The van der Waals surface area contributed by atoms with Gasteiger partial charge in [0.2, 0.25) is 0 Å². The van der Waals surface area contributed by atoms with E-state index < -0.39 is 0 Å². The number of aryl methyl sites for hydroxylation is 1. The summed E-state index contributed by atoms with van der Waals surface area (Å²) >= 11 is 0. The number of carbonyl (C=O) groups excluding carboxylic acids is 2. The lowest BCUT2D eigenvalue weighted by Crippen LogP contribution is -2.35. The summed E-state index contributed by atoms with van der Waals surface area (Å²) in [6, 6.07) is 11.3. The van der Waals surface area contributed by atoms with Gasteiger partial charge in [0, 0.05) is 6.42 Å². The third kappa shape index (κ3) is 4.44. The van der Waals surface area contributed by atoms with E-state index in [1.807, 2.05) is 37.3 Å². The van der Waals surface area contributed by atoms with E-state index in [-0.39, 0.29) is 36.2 Å². The van der Waals surface area contributed by atoms with Gasteiger partial charge in [0.05, 0.1) is 18.7 Å². The Balaban J connectivity index is 1.70. The molecule has 0 aromatic heterocycles. The molecule has 0 fully saturated rings. The smallest absolute Gasteiger partial charge is 0.258 e. The predicted molar refractivity (Wildman–Crippen MR) is 113 cm³/mol. The average molecular weight is 395 g/mol. The number of amides is 1. The molecular weight excluding hydrogens is 366 g/mol. The molecule has 0 saturated carbocycles. The molecule has 5 nitrogen and oxygen atoms in total. The molecule has 0 saturated heterocycles. The van der Waals surface area contributed by atoms with Gasteiger partial charge < -0.3 is 14.8 Å². The Kier molecular flexibility index (Phi) is 6.26. The number of Topliss-reactive ketones (excluding diaryl/α,β-unsaturated/α-hetero) is 1. The van der Waals surface area contributed by atoms with Gasteiger partial charge in [-0.2, -0.15) is 0 Å². The first kappa shape index (κ1) is 20.9. The van der Waals surface area contributed by atoms with Crippen molar-refractivity contribution < 1.29 is 19.1 Å². The number of carbonyl (C=O) groups is 2. The first-order valence-electron chi connectivity index (χ1n) is 10.0. The Morgan fingerprint density at radius 3 is 2.48 bits per heavy atom. The van der Waals surface area contributed by atoms with Crippen LogP contribution in [0.3, 0.4) is 0 Å². The molecule has 0 radical (unpaired) electrons. The monoisotopic (exact) mass is 395 g/mol. The topological polar surface area (TPSA) is 64.6 Å². The van der Waals surface area contributed by atoms with Gasteiger partial charge in [-0.15, -0.1) is 0 Å². The fourth-order valence-electron chi connectivity index (χ4n) is 4.03. The number of ether oxygens (including phenoxy) is 2. The van der Waals surface area contributed by atoms with Crippen molar-refractivity contribution in [2.45, 2.75) is 46.1 Å². The molecule has 1 aliphatic carbocycles. The fourth-order valence-corrected chi connectivity index (χ4v) is 4.03. The minimum absolute atomic E-state index is 0.0879. The highest BCUT2D eigenvalue weighted by Crippen LogP contribution is 2.40. The van der Waals surface area contributed by atoms with Crippen LogP contribution in [-0.4, -0.2) is 25.4 Å². The van der Waals surface area contributed by atoms with Crippen molar-refractivity contribution in [1.82, 2.24) is 5.32 Å². The van der Waals surface area contributed by atoms with Gasteiger partial charge in [0.15, 0.2) is 12.4 Å². The van der Waals surface area contributed by atoms with Gasteiger partial charge in [-0.25, -0.2) is 0 Å². The van der Waals surface area contributed by atoms with Crippen LogP contribution in [0.4, 0.5) is 0 Å². The Hall–Kier alpha value is -2.82. The van der Waals surface area contributed by atoms with Crippen molar-refractivity contribution in [2.24, 2.45) is 5.92 Å². The van der Waals surface area contributed by atoms with E-state index in [0.717, 1.165) is 22.4 Å². The number of benzene rings is 2. The van der Waals surface area contributed by atoms with Gasteiger partial charge in [0.1, 0.15) is 11.5 Å². The molecule has 3 rings (SSSR count). The van der Waals surface area contributed by atoms with E-state index in [1.165, 1.54) is 0 Å². The quantitative estimate of drug-likeness (QED) is 0.745. The summed E-state index contributed by atoms with van der Waals surface area (Å²) in [5.74, 6) is 1.55. The zero-order valence-electron chi connectivity index (χ0n) is 17.7. The van der Waals surface area contributed by atoms with Gasteiger partial charge >= 0.3 is 0 Å². The number of hydrogen-bond acceptors (Lipinski definition) is 4. The van der Waals surface area contributed by atoms with Crippen molar-refractivity contribution in [1.29, 1.82) is 0 Å².